The van der Waals surface area contributed by atoms with Crippen molar-refractivity contribution in [1.29, 1.82) is 0 Å². The molecule has 2 heterocycles. The Hall–Kier alpha value is -3.20. The number of ether oxygens (including phenoxy) is 1. The van der Waals surface area contributed by atoms with Crippen LogP contribution in [0.5, 0.6) is 0 Å². The normalized spacial score (nSPS) is 19.1. The quantitative estimate of drug-likeness (QED) is 0.771. The van der Waals surface area contributed by atoms with E-state index in [1.54, 1.807) is 35.4 Å². The third-order valence-electron chi connectivity index (χ3n) is 5.37. The Morgan fingerprint density at radius 1 is 1.19 bits per heavy atom. The number of aryl methyl sites for hydroxylation is 1. The summed E-state index contributed by atoms with van der Waals surface area (Å²) in [7, 11) is 1.36. The number of amides is 3. The maximum atomic E-state index is 15.1. The van der Waals surface area contributed by atoms with Crippen LogP contribution in [0.3, 0.4) is 0 Å². The van der Waals surface area contributed by atoms with Gasteiger partial charge >= 0.3 is 12.1 Å². The van der Waals surface area contributed by atoms with Crippen LogP contribution in [0.15, 0.2) is 36.5 Å². The Balaban J connectivity index is 1.68. The standard InChI is InChI=1S/C22H28FN5O3/c1-14-10-18(8-9-24-14)25-21(29)26-19-7-5-6-17(20(19)23)13-28-15(2)11-27(12-16(28)3)22(30)31-4/h5-10,15-16H,11-13H2,1-4H3,(H2,24,25,26,29)/t15-,16+. The summed E-state index contributed by atoms with van der Waals surface area (Å²) in [6.45, 7) is 7.18. The van der Waals surface area contributed by atoms with Crippen molar-refractivity contribution in [2.24, 2.45) is 0 Å². The average Bonchev–Trinajstić information content (AvgIpc) is 2.72. The summed E-state index contributed by atoms with van der Waals surface area (Å²) in [5.74, 6) is -0.474. The summed E-state index contributed by atoms with van der Waals surface area (Å²) in [4.78, 5) is 32.0. The smallest absolute Gasteiger partial charge is 0.409 e. The zero-order chi connectivity index (χ0) is 22.5. The number of rotatable bonds is 4. The van der Waals surface area contributed by atoms with E-state index in [2.05, 4.69) is 20.5 Å². The monoisotopic (exact) mass is 429 g/mol. The van der Waals surface area contributed by atoms with E-state index in [0.29, 0.717) is 30.9 Å². The second-order valence-corrected chi connectivity index (χ2v) is 7.79. The van der Waals surface area contributed by atoms with Gasteiger partial charge in [0, 0.05) is 54.9 Å². The van der Waals surface area contributed by atoms with Gasteiger partial charge in [0.1, 0.15) is 0 Å². The lowest BCUT2D eigenvalue weighted by Crippen LogP contribution is -2.57. The Kier molecular flexibility index (Phi) is 7.06. The molecule has 9 heteroatoms. The SMILES string of the molecule is COC(=O)N1C[C@@H](C)N(Cc2cccc(NC(=O)Nc3ccnc(C)c3)c2F)[C@@H](C)C1. The molecule has 1 aliphatic rings. The van der Waals surface area contributed by atoms with Crippen LogP contribution >= 0.6 is 0 Å². The van der Waals surface area contributed by atoms with E-state index in [1.165, 1.54) is 13.2 Å². The Labute approximate surface area is 181 Å². The summed E-state index contributed by atoms with van der Waals surface area (Å²) in [6.07, 6.45) is 1.24. The van der Waals surface area contributed by atoms with Crippen LogP contribution in [0.4, 0.5) is 25.4 Å². The van der Waals surface area contributed by atoms with E-state index in [4.69, 9.17) is 4.74 Å². The lowest BCUT2D eigenvalue weighted by molar-refractivity contribution is 0.0287. The number of nitrogens with one attached hydrogen (secondary N) is 2. The van der Waals surface area contributed by atoms with E-state index < -0.39 is 11.8 Å². The molecule has 0 bridgehead atoms. The highest BCUT2D eigenvalue weighted by atomic mass is 19.1. The first-order valence-electron chi connectivity index (χ1n) is 10.1. The van der Waals surface area contributed by atoms with Gasteiger partial charge in [-0.3, -0.25) is 9.88 Å². The molecule has 3 amide bonds. The van der Waals surface area contributed by atoms with Crippen molar-refractivity contribution in [3.05, 3.63) is 53.6 Å². The first-order chi connectivity index (χ1) is 14.8. The number of benzene rings is 1. The number of hydrogen-bond acceptors (Lipinski definition) is 5. The van der Waals surface area contributed by atoms with Crippen molar-refractivity contribution in [2.75, 3.05) is 30.8 Å². The minimum atomic E-state index is -0.532. The number of piperazine rings is 1. The summed E-state index contributed by atoms with van der Waals surface area (Å²) < 4.78 is 20.0. The molecule has 1 aromatic carbocycles. The fraction of sp³-hybridized carbons (Fsp3) is 0.409. The number of nitrogens with zero attached hydrogens (tertiary/aromatic N) is 3. The van der Waals surface area contributed by atoms with E-state index in [9.17, 15) is 9.59 Å². The van der Waals surface area contributed by atoms with Gasteiger partial charge in [-0.1, -0.05) is 12.1 Å². The maximum absolute atomic E-state index is 15.1. The molecule has 2 aromatic rings. The zero-order valence-electron chi connectivity index (χ0n) is 18.2. The molecule has 31 heavy (non-hydrogen) atoms. The lowest BCUT2D eigenvalue weighted by atomic mass is 10.1. The molecular weight excluding hydrogens is 401 g/mol. The van der Waals surface area contributed by atoms with Crippen LogP contribution in [0.25, 0.3) is 0 Å². The molecule has 0 aliphatic carbocycles. The van der Waals surface area contributed by atoms with Crippen LogP contribution in [0.1, 0.15) is 25.1 Å². The summed E-state index contributed by atoms with van der Waals surface area (Å²) in [5, 5.41) is 5.25. The topological polar surface area (TPSA) is 86.8 Å². The van der Waals surface area contributed by atoms with Crippen LogP contribution in [-0.4, -0.2) is 59.2 Å². The molecule has 0 unspecified atom stereocenters. The van der Waals surface area contributed by atoms with Crippen molar-refractivity contribution >= 4 is 23.5 Å². The van der Waals surface area contributed by atoms with Crippen molar-refractivity contribution < 1.29 is 18.7 Å². The maximum Gasteiger partial charge on any atom is 0.409 e. The van der Waals surface area contributed by atoms with Gasteiger partial charge in [0.15, 0.2) is 5.82 Å². The summed E-state index contributed by atoms with van der Waals surface area (Å²) in [5.41, 5.74) is 1.92. The predicted molar refractivity (Wildman–Crippen MR) is 116 cm³/mol. The number of aromatic nitrogens is 1. The van der Waals surface area contributed by atoms with Gasteiger partial charge in [0.25, 0.3) is 0 Å². The summed E-state index contributed by atoms with van der Waals surface area (Å²) >= 11 is 0. The highest BCUT2D eigenvalue weighted by Gasteiger charge is 2.32. The van der Waals surface area contributed by atoms with Crippen molar-refractivity contribution in [1.82, 2.24) is 14.8 Å². The van der Waals surface area contributed by atoms with Crippen LogP contribution in [0, 0.1) is 12.7 Å². The molecule has 3 rings (SSSR count). The van der Waals surface area contributed by atoms with Crippen LogP contribution < -0.4 is 10.6 Å². The molecule has 0 saturated carbocycles. The molecule has 0 radical (unpaired) electrons. The molecule has 2 N–H and O–H groups in total. The largest absolute Gasteiger partial charge is 0.453 e. The Morgan fingerprint density at radius 3 is 2.55 bits per heavy atom. The van der Waals surface area contributed by atoms with E-state index in [1.807, 2.05) is 20.8 Å². The van der Waals surface area contributed by atoms with Gasteiger partial charge < -0.3 is 20.3 Å². The zero-order valence-corrected chi connectivity index (χ0v) is 18.2. The molecule has 166 valence electrons. The van der Waals surface area contributed by atoms with E-state index in [0.717, 1.165) is 5.69 Å². The van der Waals surface area contributed by atoms with Gasteiger partial charge in [-0.15, -0.1) is 0 Å². The molecule has 8 nitrogen and oxygen atoms in total. The molecule has 1 saturated heterocycles. The van der Waals surface area contributed by atoms with E-state index >= 15 is 4.39 Å². The van der Waals surface area contributed by atoms with Crippen LogP contribution in [0.2, 0.25) is 0 Å². The predicted octanol–water partition coefficient (Wildman–Crippen LogP) is 3.83. The highest BCUT2D eigenvalue weighted by molar-refractivity contribution is 5.99. The molecule has 0 spiro atoms. The van der Waals surface area contributed by atoms with Crippen molar-refractivity contribution in [3.8, 4) is 0 Å². The summed E-state index contributed by atoms with van der Waals surface area (Å²) in [6, 6.07) is 7.85. The first kappa shape index (κ1) is 22.5. The van der Waals surface area contributed by atoms with Crippen LogP contribution in [-0.2, 0) is 11.3 Å². The fourth-order valence-electron chi connectivity index (χ4n) is 3.85. The Bertz CT molecular complexity index is 942. The third-order valence-corrected chi connectivity index (χ3v) is 5.37. The number of hydrogen-bond donors (Lipinski definition) is 2. The number of anilines is 2. The number of halogens is 1. The third kappa shape index (κ3) is 5.49. The van der Waals surface area contributed by atoms with Gasteiger partial charge in [0.05, 0.1) is 12.8 Å². The fourth-order valence-corrected chi connectivity index (χ4v) is 3.85. The van der Waals surface area contributed by atoms with Crippen molar-refractivity contribution in [3.63, 3.8) is 0 Å². The lowest BCUT2D eigenvalue weighted by Gasteiger charge is -2.43. The molecular formula is C22H28FN5O3. The molecule has 2 atom stereocenters. The minimum absolute atomic E-state index is 0.0251. The number of pyridine rings is 1. The van der Waals surface area contributed by atoms with E-state index in [-0.39, 0.29) is 23.9 Å². The molecule has 1 fully saturated rings. The minimum Gasteiger partial charge on any atom is -0.453 e. The van der Waals surface area contributed by atoms with Gasteiger partial charge in [0.2, 0.25) is 0 Å². The number of carbonyl (C=O) groups is 2. The highest BCUT2D eigenvalue weighted by Crippen LogP contribution is 2.24. The average molecular weight is 429 g/mol. The second-order valence-electron chi connectivity index (χ2n) is 7.79. The van der Waals surface area contributed by atoms with Gasteiger partial charge in [-0.25, -0.2) is 14.0 Å². The molecule has 1 aliphatic heterocycles. The second kappa shape index (κ2) is 9.74. The van der Waals surface area contributed by atoms with Gasteiger partial charge in [-0.05, 0) is 39.0 Å². The first-order valence-corrected chi connectivity index (χ1v) is 10.1. The number of carbonyl (C=O) groups excluding carboxylic acids is 2. The van der Waals surface area contributed by atoms with Crippen molar-refractivity contribution in [2.45, 2.75) is 39.4 Å². The Morgan fingerprint density at radius 2 is 1.90 bits per heavy atom. The van der Waals surface area contributed by atoms with Gasteiger partial charge in [-0.2, -0.15) is 0 Å². The molecule has 1 aromatic heterocycles. The number of methoxy groups -OCH3 is 1. The number of urea groups is 1.